The normalized spacial score (nSPS) is 23.7. The zero-order chi connectivity index (χ0) is 27.8. The van der Waals surface area contributed by atoms with Gasteiger partial charge in [-0.2, -0.15) is 0 Å². The molecular formula is C31H34Cl4N2O2. The maximum absolute atomic E-state index is 12.4. The minimum absolute atomic E-state index is 0.0725. The molecule has 4 rings (SSSR count). The molecule has 0 saturated heterocycles. The highest BCUT2D eigenvalue weighted by Crippen LogP contribution is 2.35. The third-order valence-corrected chi connectivity index (χ3v) is 9.27. The number of carbonyl (C=O) groups excluding carboxylic acids is 2. The van der Waals surface area contributed by atoms with E-state index in [2.05, 4.69) is 10.6 Å². The highest BCUT2D eigenvalue weighted by atomic mass is 35.5. The molecule has 0 aliphatic heterocycles. The third-order valence-electron chi connectivity index (χ3n) is 7.79. The summed E-state index contributed by atoms with van der Waals surface area (Å²) in [5, 5.41) is 8.24. The Balaban J connectivity index is 1.11. The molecule has 2 fully saturated rings. The zero-order valence-electron chi connectivity index (χ0n) is 21.8. The lowest BCUT2D eigenvalue weighted by atomic mass is 9.75. The van der Waals surface area contributed by atoms with Gasteiger partial charge in [-0.15, -0.1) is 0 Å². The van der Waals surface area contributed by atoms with Crippen LogP contribution in [0.25, 0.3) is 12.2 Å². The fourth-order valence-electron chi connectivity index (χ4n) is 5.63. The molecule has 0 bridgehead atoms. The van der Waals surface area contributed by atoms with Crippen molar-refractivity contribution < 1.29 is 9.59 Å². The molecule has 0 aromatic heterocycles. The van der Waals surface area contributed by atoms with Gasteiger partial charge in [0.15, 0.2) is 0 Å². The predicted octanol–water partition coefficient (Wildman–Crippen LogP) is 8.77. The molecule has 2 aromatic carbocycles. The molecule has 39 heavy (non-hydrogen) atoms. The number of nitrogens with one attached hydrogen (secondary N) is 2. The van der Waals surface area contributed by atoms with E-state index in [4.69, 9.17) is 46.4 Å². The van der Waals surface area contributed by atoms with Gasteiger partial charge in [0.25, 0.3) is 0 Å². The van der Waals surface area contributed by atoms with E-state index < -0.39 is 0 Å². The number of hydrogen-bond acceptors (Lipinski definition) is 2. The molecule has 8 heteroatoms. The summed E-state index contributed by atoms with van der Waals surface area (Å²) in [6.45, 7) is 0. The first-order chi connectivity index (χ1) is 18.7. The van der Waals surface area contributed by atoms with Gasteiger partial charge in [-0.25, -0.2) is 0 Å². The average Bonchev–Trinajstić information content (AvgIpc) is 2.92. The predicted molar refractivity (Wildman–Crippen MR) is 163 cm³/mol. The van der Waals surface area contributed by atoms with Gasteiger partial charge in [0.2, 0.25) is 11.8 Å². The molecule has 2 aliphatic rings. The maximum Gasteiger partial charge on any atom is 0.244 e. The van der Waals surface area contributed by atoms with Gasteiger partial charge in [-0.05, 0) is 117 Å². The molecular weight excluding hydrogens is 574 g/mol. The third kappa shape index (κ3) is 9.56. The Kier molecular flexibility index (Phi) is 11.2. The lowest BCUT2D eigenvalue weighted by Crippen LogP contribution is -2.38. The van der Waals surface area contributed by atoms with E-state index in [0.29, 0.717) is 20.1 Å². The minimum Gasteiger partial charge on any atom is -0.350 e. The summed E-state index contributed by atoms with van der Waals surface area (Å²) in [6, 6.07) is 11.1. The van der Waals surface area contributed by atoms with Crippen molar-refractivity contribution in [1.29, 1.82) is 0 Å². The van der Waals surface area contributed by atoms with Gasteiger partial charge in [-0.1, -0.05) is 58.5 Å². The van der Waals surface area contributed by atoms with Crippen molar-refractivity contribution in [2.45, 2.75) is 69.9 Å². The lowest BCUT2D eigenvalue weighted by Gasteiger charge is -2.34. The van der Waals surface area contributed by atoms with Crippen LogP contribution in [0, 0.1) is 11.8 Å². The molecule has 0 spiro atoms. The van der Waals surface area contributed by atoms with Crippen LogP contribution < -0.4 is 10.6 Å². The van der Waals surface area contributed by atoms with E-state index in [1.165, 1.54) is 6.42 Å². The molecule has 0 atom stereocenters. The first kappa shape index (κ1) is 30.0. The fraction of sp³-hybridized carbons (Fsp3) is 0.419. The SMILES string of the molecule is O=C(/C=C/c1ccc(Cl)c(Cl)c1)NC1CCC(CC2CCC(NC(=O)/C=C/c3ccc(Cl)c(Cl)c3)CC2)CC1. The molecule has 0 unspecified atom stereocenters. The summed E-state index contributed by atoms with van der Waals surface area (Å²) in [4.78, 5) is 24.8. The smallest absolute Gasteiger partial charge is 0.244 e. The Morgan fingerprint density at radius 1 is 0.615 bits per heavy atom. The van der Waals surface area contributed by atoms with Crippen LogP contribution in [0.5, 0.6) is 0 Å². The van der Waals surface area contributed by atoms with Gasteiger partial charge < -0.3 is 10.6 Å². The molecule has 2 aromatic rings. The molecule has 208 valence electrons. The van der Waals surface area contributed by atoms with Crippen LogP contribution in [0.3, 0.4) is 0 Å². The standard InChI is InChI=1S/C31H34Cl4N2O2/c32-26-13-5-22(18-28(26)34)7-15-30(38)36-24-9-1-20(2-10-24)17-21-3-11-25(12-4-21)37-31(39)16-8-23-6-14-27(33)29(35)19-23/h5-8,13-16,18-21,24-25H,1-4,9-12,17H2,(H,36,38)(H,37,39)/b15-7+,16-8+. The van der Waals surface area contributed by atoms with Crippen molar-refractivity contribution in [2.24, 2.45) is 11.8 Å². The molecule has 2 saturated carbocycles. The second-order valence-electron chi connectivity index (χ2n) is 10.7. The lowest BCUT2D eigenvalue weighted by molar-refractivity contribution is -0.118. The van der Waals surface area contributed by atoms with Crippen molar-refractivity contribution in [2.75, 3.05) is 0 Å². The first-order valence-corrected chi connectivity index (χ1v) is 15.1. The summed E-state index contributed by atoms with van der Waals surface area (Å²) in [5.41, 5.74) is 1.69. The Bertz CT molecular complexity index is 1120. The highest BCUT2D eigenvalue weighted by Gasteiger charge is 2.27. The van der Waals surface area contributed by atoms with E-state index in [9.17, 15) is 9.59 Å². The summed E-state index contributed by atoms with van der Waals surface area (Å²) in [6.07, 6.45) is 16.6. The number of hydrogen-bond donors (Lipinski definition) is 2. The number of carbonyl (C=O) groups is 2. The summed E-state index contributed by atoms with van der Waals surface area (Å²) < 4.78 is 0. The summed E-state index contributed by atoms with van der Waals surface area (Å²) in [7, 11) is 0. The largest absolute Gasteiger partial charge is 0.350 e. The van der Waals surface area contributed by atoms with E-state index in [1.807, 2.05) is 12.1 Å². The van der Waals surface area contributed by atoms with E-state index in [1.54, 1.807) is 48.6 Å². The number of benzene rings is 2. The minimum atomic E-state index is -0.0725. The molecule has 2 amide bonds. The van der Waals surface area contributed by atoms with E-state index in [-0.39, 0.29) is 23.9 Å². The zero-order valence-corrected chi connectivity index (χ0v) is 24.8. The Morgan fingerprint density at radius 2 is 1.00 bits per heavy atom. The van der Waals surface area contributed by atoms with Gasteiger partial charge in [-0.3, -0.25) is 9.59 Å². The average molecular weight is 608 g/mol. The van der Waals surface area contributed by atoms with E-state index in [0.717, 1.165) is 74.3 Å². The second kappa shape index (κ2) is 14.6. The fourth-order valence-corrected chi connectivity index (χ4v) is 6.24. The maximum atomic E-state index is 12.4. The van der Waals surface area contributed by atoms with Crippen LogP contribution in [0.2, 0.25) is 20.1 Å². The van der Waals surface area contributed by atoms with Crippen molar-refractivity contribution >= 4 is 70.4 Å². The van der Waals surface area contributed by atoms with Crippen LogP contribution in [-0.2, 0) is 9.59 Å². The molecule has 4 nitrogen and oxygen atoms in total. The van der Waals surface area contributed by atoms with Crippen molar-refractivity contribution in [3.8, 4) is 0 Å². The van der Waals surface area contributed by atoms with Crippen LogP contribution >= 0.6 is 46.4 Å². The molecule has 2 aliphatic carbocycles. The van der Waals surface area contributed by atoms with Crippen molar-refractivity contribution in [3.05, 3.63) is 79.8 Å². The van der Waals surface area contributed by atoms with Crippen molar-refractivity contribution in [3.63, 3.8) is 0 Å². The van der Waals surface area contributed by atoms with Gasteiger partial charge in [0, 0.05) is 24.2 Å². The van der Waals surface area contributed by atoms with Crippen LogP contribution in [0.4, 0.5) is 0 Å². The first-order valence-electron chi connectivity index (χ1n) is 13.6. The Labute approximate surface area is 251 Å². The van der Waals surface area contributed by atoms with E-state index >= 15 is 0 Å². The summed E-state index contributed by atoms with van der Waals surface area (Å²) in [5.74, 6) is 1.29. The van der Waals surface area contributed by atoms with Crippen molar-refractivity contribution in [1.82, 2.24) is 10.6 Å². The van der Waals surface area contributed by atoms with Crippen LogP contribution in [0.15, 0.2) is 48.6 Å². The highest BCUT2D eigenvalue weighted by molar-refractivity contribution is 6.42. The quantitative estimate of drug-likeness (QED) is 0.295. The number of halogens is 4. The Hall–Kier alpha value is -1.98. The van der Waals surface area contributed by atoms with Gasteiger partial charge in [0.05, 0.1) is 20.1 Å². The molecule has 0 heterocycles. The monoisotopic (exact) mass is 606 g/mol. The van der Waals surface area contributed by atoms with Crippen LogP contribution in [0.1, 0.15) is 68.9 Å². The second-order valence-corrected chi connectivity index (χ2v) is 12.3. The molecule has 0 radical (unpaired) electrons. The molecule has 2 N–H and O–H groups in total. The Morgan fingerprint density at radius 3 is 1.36 bits per heavy atom. The number of rotatable bonds is 8. The van der Waals surface area contributed by atoms with Crippen LogP contribution in [-0.4, -0.2) is 23.9 Å². The van der Waals surface area contributed by atoms with Gasteiger partial charge >= 0.3 is 0 Å². The topological polar surface area (TPSA) is 58.2 Å². The number of amides is 2. The summed E-state index contributed by atoms with van der Waals surface area (Å²) >= 11 is 24.0. The van der Waals surface area contributed by atoms with Gasteiger partial charge in [0.1, 0.15) is 0 Å².